The highest BCUT2D eigenvalue weighted by atomic mass is 16.5. The third-order valence-electron chi connectivity index (χ3n) is 3.09. The number of hydrogen-bond acceptors (Lipinski definition) is 5. The molecule has 2 rings (SSSR count). The number of hydrogen-bond donors (Lipinski definition) is 2. The summed E-state index contributed by atoms with van der Waals surface area (Å²) in [4.78, 5) is 21.0. The second kappa shape index (κ2) is 8.19. The molecule has 124 valence electrons. The first-order chi connectivity index (χ1) is 11.0. The summed E-state index contributed by atoms with van der Waals surface area (Å²) in [6, 6.07) is 6.96. The van der Waals surface area contributed by atoms with E-state index in [0.717, 1.165) is 0 Å². The van der Waals surface area contributed by atoms with Gasteiger partial charge in [-0.25, -0.2) is 0 Å². The molecule has 0 aliphatic carbocycles. The molecule has 0 amide bonds. The van der Waals surface area contributed by atoms with Crippen molar-refractivity contribution in [1.29, 1.82) is 0 Å². The third-order valence-corrected chi connectivity index (χ3v) is 3.09. The second-order valence-electron chi connectivity index (χ2n) is 5.02. The van der Waals surface area contributed by atoms with E-state index in [2.05, 4.69) is 0 Å². The Morgan fingerprint density at radius 3 is 1.57 bits per heavy atom. The van der Waals surface area contributed by atoms with Crippen LogP contribution >= 0.6 is 0 Å². The molecule has 0 spiro atoms. The molecule has 2 aromatic rings. The quantitative estimate of drug-likeness (QED) is 0.691. The van der Waals surface area contributed by atoms with Crippen molar-refractivity contribution in [2.75, 3.05) is 0 Å². The molecule has 0 saturated carbocycles. The lowest BCUT2D eigenvalue weighted by atomic mass is 10.2. The molecule has 0 unspecified atom stereocenters. The average molecular weight is 322 g/mol. The van der Waals surface area contributed by atoms with Crippen molar-refractivity contribution in [2.45, 2.75) is 38.9 Å². The van der Waals surface area contributed by atoms with Gasteiger partial charge in [0.05, 0.1) is 12.8 Å². The molecule has 0 aromatic carbocycles. The van der Waals surface area contributed by atoms with Crippen LogP contribution in [0.3, 0.4) is 0 Å². The summed E-state index contributed by atoms with van der Waals surface area (Å²) in [7, 11) is 0. The highest BCUT2D eigenvalue weighted by Crippen LogP contribution is 2.14. The van der Waals surface area contributed by atoms with E-state index in [1.54, 1.807) is 24.3 Å². The zero-order valence-electron chi connectivity index (χ0n) is 12.5. The van der Waals surface area contributed by atoms with Gasteiger partial charge in [-0.1, -0.05) is 0 Å². The van der Waals surface area contributed by atoms with Crippen molar-refractivity contribution < 1.29 is 33.4 Å². The SMILES string of the molecule is O=C(O)CCc1ccc(COCc2ccc(CCC(=O)O)o2)o1. The Hall–Kier alpha value is -2.54. The Balaban J connectivity index is 1.72. The van der Waals surface area contributed by atoms with Crippen molar-refractivity contribution in [1.82, 2.24) is 0 Å². The molecule has 0 fully saturated rings. The van der Waals surface area contributed by atoms with E-state index in [1.807, 2.05) is 0 Å². The lowest BCUT2D eigenvalue weighted by molar-refractivity contribution is -0.138. The molecule has 0 radical (unpaired) electrons. The number of furan rings is 2. The van der Waals surface area contributed by atoms with Crippen molar-refractivity contribution in [3.8, 4) is 0 Å². The number of rotatable bonds is 10. The van der Waals surface area contributed by atoms with Gasteiger partial charge in [0.25, 0.3) is 0 Å². The number of ether oxygens (including phenoxy) is 1. The minimum Gasteiger partial charge on any atom is -0.481 e. The molecule has 0 bridgehead atoms. The molecule has 7 nitrogen and oxygen atoms in total. The molecule has 0 aliphatic heterocycles. The number of carboxylic acid groups (broad SMARTS) is 2. The zero-order valence-corrected chi connectivity index (χ0v) is 12.5. The lowest BCUT2D eigenvalue weighted by Gasteiger charge is -2.00. The molecule has 2 heterocycles. The van der Waals surface area contributed by atoms with Gasteiger partial charge in [-0.3, -0.25) is 9.59 Å². The van der Waals surface area contributed by atoms with Gasteiger partial charge in [0, 0.05) is 12.8 Å². The summed E-state index contributed by atoms with van der Waals surface area (Å²) in [5, 5.41) is 17.2. The fourth-order valence-electron chi connectivity index (χ4n) is 1.98. The molecule has 0 atom stereocenters. The number of carboxylic acids is 2. The van der Waals surface area contributed by atoms with Crippen LogP contribution in [0.1, 0.15) is 35.9 Å². The van der Waals surface area contributed by atoms with Crippen LogP contribution in [0.25, 0.3) is 0 Å². The molecule has 2 aromatic heterocycles. The minimum atomic E-state index is -0.865. The summed E-state index contributed by atoms with van der Waals surface area (Å²) in [6.07, 6.45) is 0.750. The topological polar surface area (TPSA) is 110 Å². The van der Waals surface area contributed by atoms with E-state index < -0.39 is 11.9 Å². The smallest absolute Gasteiger partial charge is 0.303 e. The Morgan fingerprint density at radius 1 is 0.783 bits per heavy atom. The fourth-order valence-corrected chi connectivity index (χ4v) is 1.98. The van der Waals surface area contributed by atoms with Gasteiger partial charge in [-0.15, -0.1) is 0 Å². The Morgan fingerprint density at radius 2 is 1.17 bits per heavy atom. The summed E-state index contributed by atoms with van der Waals surface area (Å²) < 4.78 is 16.4. The highest BCUT2D eigenvalue weighted by molar-refractivity contribution is 5.67. The molecule has 2 N–H and O–H groups in total. The zero-order chi connectivity index (χ0) is 16.7. The first kappa shape index (κ1) is 16.8. The standard InChI is InChI=1S/C16H18O7/c17-15(18)7-5-11-1-3-13(22-11)9-21-10-14-4-2-12(23-14)6-8-16(19)20/h1-4H,5-10H2,(H,17,18)(H,19,20). The maximum atomic E-state index is 10.5. The van der Waals surface area contributed by atoms with Crippen LogP contribution in [0.15, 0.2) is 33.1 Å². The van der Waals surface area contributed by atoms with Crippen LogP contribution in [0.2, 0.25) is 0 Å². The monoisotopic (exact) mass is 322 g/mol. The molecule has 0 saturated heterocycles. The first-order valence-electron chi connectivity index (χ1n) is 7.19. The molecule has 0 aliphatic rings. The van der Waals surface area contributed by atoms with E-state index in [9.17, 15) is 9.59 Å². The number of aryl methyl sites for hydroxylation is 2. The average Bonchev–Trinajstić information content (AvgIpc) is 3.12. The van der Waals surface area contributed by atoms with E-state index in [-0.39, 0.29) is 26.1 Å². The molecule has 7 heteroatoms. The van der Waals surface area contributed by atoms with Crippen molar-refractivity contribution in [2.24, 2.45) is 0 Å². The van der Waals surface area contributed by atoms with Crippen LogP contribution in [-0.4, -0.2) is 22.2 Å². The molecular weight excluding hydrogens is 304 g/mol. The first-order valence-corrected chi connectivity index (χ1v) is 7.19. The normalized spacial score (nSPS) is 10.8. The number of aliphatic carboxylic acids is 2. The molecular formula is C16H18O7. The largest absolute Gasteiger partial charge is 0.481 e. The van der Waals surface area contributed by atoms with Gasteiger partial charge in [0.1, 0.15) is 36.3 Å². The number of carbonyl (C=O) groups is 2. The van der Waals surface area contributed by atoms with E-state index in [4.69, 9.17) is 23.8 Å². The van der Waals surface area contributed by atoms with Gasteiger partial charge in [-0.2, -0.15) is 0 Å². The van der Waals surface area contributed by atoms with Gasteiger partial charge >= 0.3 is 11.9 Å². The predicted octanol–water partition coefficient (Wildman–Crippen LogP) is 2.62. The van der Waals surface area contributed by atoms with Gasteiger partial charge in [-0.05, 0) is 24.3 Å². The summed E-state index contributed by atoms with van der Waals surface area (Å²) >= 11 is 0. The van der Waals surface area contributed by atoms with E-state index >= 15 is 0 Å². The fraction of sp³-hybridized carbons (Fsp3) is 0.375. The lowest BCUT2D eigenvalue weighted by Crippen LogP contribution is -1.96. The van der Waals surface area contributed by atoms with Crippen LogP contribution in [-0.2, 0) is 40.4 Å². The molecule has 23 heavy (non-hydrogen) atoms. The van der Waals surface area contributed by atoms with E-state index in [1.165, 1.54) is 0 Å². The van der Waals surface area contributed by atoms with Gasteiger partial charge < -0.3 is 23.8 Å². The van der Waals surface area contributed by atoms with Crippen LogP contribution in [0.5, 0.6) is 0 Å². The summed E-state index contributed by atoms with van der Waals surface area (Å²) in [5.74, 6) is 0.720. The Bertz CT molecular complexity index is 597. The van der Waals surface area contributed by atoms with Crippen LogP contribution in [0, 0.1) is 0 Å². The second-order valence-corrected chi connectivity index (χ2v) is 5.02. The van der Waals surface area contributed by atoms with Gasteiger partial charge in [0.2, 0.25) is 0 Å². The predicted molar refractivity (Wildman–Crippen MR) is 77.8 cm³/mol. The van der Waals surface area contributed by atoms with Crippen molar-refractivity contribution in [3.05, 3.63) is 47.3 Å². The third kappa shape index (κ3) is 5.99. The van der Waals surface area contributed by atoms with Crippen molar-refractivity contribution >= 4 is 11.9 Å². The van der Waals surface area contributed by atoms with Crippen LogP contribution in [0.4, 0.5) is 0 Å². The van der Waals surface area contributed by atoms with Crippen molar-refractivity contribution in [3.63, 3.8) is 0 Å². The van der Waals surface area contributed by atoms with Gasteiger partial charge in [0.15, 0.2) is 0 Å². The Kier molecular flexibility index (Phi) is 5.99. The highest BCUT2D eigenvalue weighted by Gasteiger charge is 2.07. The summed E-state index contributed by atoms with van der Waals surface area (Å²) in [5.41, 5.74) is 0. The van der Waals surface area contributed by atoms with E-state index in [0.29, 0.717) is 35.9 Å². The Labute approximate surface area is 132 Å². The summed E-state index contributed by atoms with van der Waals surface area (Å²) in [6.45, 7) is 0.496. The maximum Gasteiger partial charge on any atom is 0.303 e. The maximum absolute atomic E-state index is 10.5. The van der Waals surface area contributed by atoms with Crippen LogP contribution < -0.4 is 0 Å². The minimum absolute atomic E-state index is 0.0271.